The van der Waals surface area contributed by atoms with Crippen molar-refractivity contribution in [2.24, 2.45) is 11.8 Å². The van der Waals surface area contributed by atoms with E-state index >= 15 is 0 Å². The molecule has 58 valence electrons. The Labute approximate surface area is 63.4 Å². The second kappa shape index (κ2) is 2.23. The summed E-state index contributed by atoms with van der Waals surface area (Å²) in [5, 5.41) is 0. The molecule has 0 aromatic rings. The Morgan fingerprint density at radius 1 is 1.40 bits per heavy atom. The smallest absolute Gasteiger partial charge is 0.0127 e. The lowest BCUT2D eigenvalue weighted by Crippen LogP contribution is -2.21. The zero-order valence-corrected chi connectivity index (χ0v) is 7.01. The highest BCUT2D eigenvalue weighted by Crippen LogP contribution is 2.44. The summed E-state index contributed by atoms with van der Waals surface area (Å²) in [4.78, 5) is 2.55. The zero-order chi connectivity index (χ0) is 7.14. The van der Waals surface area contributed by atoms with Crippen molar-refractivity contribution in [2.75, 3.05) is 13.6 Å². The monoisotopic (exact) mass is 139 g/mol. The first-order valence-electron chi connectivity index (χ1n) is 4.49. The van der Waals surface area contributed by atoms with Gasteiger partial charge in [0.05, 0.1) is 0 Å². The van der Waals surface area contributed by atoms with Crippen molar-refractivity contribution in [2.45, 2.75) is 32.2 Å². The standard InChI is InChI=1S/C9H17N/c1-7-4-3-5-10(2)9-6-8(7)9/h7-9H,3-6H2,1-2H3. The molecule has 2 fully saturated rings. The van der Waals surface area contributed by atoms with Crippen molar-refractivity contribution in [3.05, 3.63) is 0 Å². The molecule has 2 aliphatic rings. The Hall–Kier alpha value is -0.0400. The zero-order valence-electron chi connectivity index (χ0n) is 7.01. The van der Waals surface area contributed by atoms with Gasteiger partial charge in [-0.25, -0.2) is 0 Å². The molecule has 0 radical (unpaired) electrons. The average Bonchev–Trinajstić information content (AvgIpc) is 2.63. The summed E-state index contributed by atoms with van der Waals surface area (Å²) < 4.78 is 0. The Morgan fingerprint density at radius 2 is 2.20 bits per heavy atom. The lowest BCUT2D eigenvalue weighted by atomic mass is 10.0. The van der Waals surface area contributed by atoms with Gasteiger partial charge in [-0.2, -0.15) is 0 Å². The number of hydrogen-bond acceptors (Lipinski definition) is 1. The molecule has 0 aromatic carbocycles. The normalized spacial score (nSPS) is 48.0. The summed E-state index contributed by atoms with van der Waals surface area (Å²) in [5.41, 5.74) is 0. The molecule has 1 heteroatoms. The highest BCUT2D eigenvalue weighted by molar-refractivity contribution is 4.98. The van der Waals surface area contributed by atoms with E-state index in [-0.39, 0.29) is 0 Å². The maximum Gasteiger partial charge on any atom is 0.0127 e. The van der Waals surface area contributed by atoms with Crippen LogP contribution >= 0.6 is 0 Å². The van der Waals surface area contributed by atoms with Crippen LogP contribution in [0.1, 0.15) is 26.2 Å². The minimum absolute atomic E-state index is 0.970. The Balaban J connectivity index is 2.00. The van der Waals surface area contributed by atoms with Gasteiger partial charge in [-0.3, -0.25) is 0 Å². The summed E-state index contributed by atoms with van der Waals surface area (Å²) >= 11 is 0. The molecule has 1 saturated heterocycles. The van der Waals surface area contributed by atoms with E-state index in [2.05, 4.69) is 18.9 Å². The van der Waals surface area contributed by atoms with E-state index in [0.717, 1.165) is 17.9 Å². The van der Waals surface area contributed by atoms with E-state index in [1.165, 1.54) is 25.8 Å². The van der Waals surface area contributed by atoms with Crippen LogP contribution in [0.5, 0.6) is 0 Å². The van der Waals surface area contributed by atoms with Crippen LogP contribution in [0.25, 0.3) is 0 Å². The number of likely N-dealkylation sites (tertiary alicyclic amines) is 1. The molecule has 1 aliphatic heterocycles. The predicted molar refractivity (Wildman–Crippen MR) is 42.9 cm³/mol. The van der Waals surface area contributed by atoms with Crippen molar-refractivity contribution in [1.82, 2.24) is 4.90 Å². The van der Waals surface area contributed by atoms with Crippen LogP contribution < -0.4 is 0 Å². The van der Waals surface area contributed by atoms with Gasteiger partial charge in [0, 0.05) is 6.04 Å². The molecule has 0 amide bonds. The number of hydrogen-bond donors (Lipinski definition) is 0. The summed E-state index contributed by atoms with van der Waals surface area (Å²) in [6, 6.07) is 0.970. The maximum atomic E-state index is 2.55. The van der Waals surface area contributed by atoms with Crippen LogP contribution in [-0.4, -0.2) is 24.5 Å². The first-order valence-corrected chi connectivity index (χ1v) is 4.49. The van der Waals surface area contributed by atoms with Gasteiger partial charge in [0.1, 0.15) is 0 Å². The number of nitrogens with zero attached hydrogens (tertiary/aromatic N) is 1. The minimum Gasteiger partial charge on any atom is -0.303 e. The largest absolute Gasteiger partial charge is 0.303 e. The molecule has 0 aromatic heterocycles. The second-order valence-corrected chi connectivity index (χ2v) is 4.07. The molecule has 3 atom stereocenters. The van der Waals surface area contributed by atoms with Gasteiger partial charge < -0.3 is 4.90 Å². The topological polar surface area (TPSA) is 3.24 Å². The number of fused-ring (bicyclic) bond motifs is 1. The third-order valence-corrected chi connectivity index (χ3v) is 3.27. The molecule has 0 N–H and O–H groups in total. The van der Waals surface area contributed by atoms with Gasteiger partial charge in [0.25, 0.3) is 0 Å². The first kappa shape index (κ1) is 6.66. The van der Waals surface area contributed by atoms with Crippen molar-refractivity contribution >= 4 is 0 Å². The molecular weight excluding hydrogens is 122 g/mol. The van der Waals surface area contributed by atoms with Crippen LogP contribution in [0.3, 0.4) is 0 Å². The molecule has 0 bridgehead atoms. The first-order chi connectivity index (χ1) is 4.79. The quantitative estimate of drug-likeness (QED) is 0.494. The highest BCUT2D eigenvalue weighted by atomic mass is 15.2. The van der Waals surface area contributed by atoms with Crippen LogP contribution in [0, 0.1) is 11.8 Å². The van der Waals surface area contributed by atoms with Gasteiger partial charge in [0.2, 0.25) is 0 Å². The van der Waals surface area contributed by atoms with Crippen molar-refractivity contribution in [3.8, 4) is 0 Å². The summed E-state index contributed by atoms with van der Waals surface area (Å²) in [6.45, 7) is 3.76. The molecule has 2 rings (SSSR count). The van der Waals surface area contributed by atoms with Crippen LogP contribution in [0.15, 0.2) is 0 Å². The molecule has 1 saturated carbocycles. The lowest BCUT2D eigenvalue weighted by Gasteiger charge is -2.12. The van der Waals surface area contributed by atoms with Crippen LogP contribution in [0.2, 0.25) is 0 Å². The fourth-order valence-electron chi connectivity index (χ4n) is 2.36. The molecule has 10 heavy (non-hydrogen) atoms. The number of rotatable bonds is 0. The molecule has 1 nitrogen and oxygen atoms in total. The second-order valence-electron chi connectivity index (χ2n) is 4.07. The van der Waals surface area contributed by atoms with Crippen molar-refractivity contribution in [3.63, 3.8) is 0 Å². The van der Waals surface area contributed by atoms with Crippen molar-refractivity contribution in [1.29, 1.82) is 0 Å². The molecule has 0 spiro atoms. The van der Waals surface area contributed by atoms with Gasteiger partial charge >= 0.3 is 0 Å². The Kier molecular flexibility index (Phi) is 1.48. The SMILES string of the molecule is CC1CCCN(C)C2CC12. The lowest BCUT2D eigenvalue weighted by molar-refractivity contribution is 0.321. The predicted octanol–water partition coefficient (Wildman–Crippen LogP) is 1.74. The van der Waals surface area contributed by atoms with E-state index in [0.29, 0.717) is 0 Å². The summed E-state index contributed by atoms with van der Waals surface area (Å²) in [5.74, 6) is 2.07. The van der Waals surface area contributed by atoms with Gasteiger partial charge in [-0.05, 0) is 44.7 Å². The van der Waals surface area contributed by atoms with Gasteiger partial charge in [-0.15, -0.1) is 0 Å². The van der Waals surface area contributed by atoms with Crippen LogP contribution in [-0.2, 0) is 0 Å². The molecular formula is C9H17N. The Morgan fingerprint density at radius 3 is 3.00 bits per heavy atom. The average molecular weight is 139 g/mol. The maximum absolute atomic E-state index is 2.55. The van der Waals surface area contributed by atoms with E-state index in [1.807, 2.05) is 0 Å². The van der Waals surface area contributed by atoms with Gasteiger partial charge in [0.15, 0.2) is 0 Å². The third-order valence-electron chi connectivity index (χ3n) is 3.27. The molecule has 3 unspecified atom stereocenters. The fraction of sp³-hybridized carbons (Fsp3) is 1.00. The fourth-order valence-corrected chi connectivity index (χ4v) is 2.36. The molecule has 1 aliphatic carbocycles. The van der Waals surface area contributed by atoms with Crippen molar-refractivity contribution < 1.29 is 0 Å². The van der Waals surface area contributed by atoms with E-state index < -0.39 is 0 Å². The molecule has 1 heterocycles. The highest BCUT2D eigenvalue weighted by Gasteiger charge is 2.44. The summed E-state index contributed by atoms with van der Waals surface area (Å²) in [6.07, 6.45) is 4.37. The Bertz CT molecular complexity index is 119. The third kappa shape index (κ3) is 0.968. The van der Waals surface area contributed by atoms with E-state index in [9.17, 15) is 0 Å². The summed E-state index contributed by atoms with van der Waals surface area (Å²) in [7, 11) is 2.28. The van der Waals surface area contributed by atoms with Gasteiger partial charge in [-0.1, -0.05) is 6.92 Å². The minimum atomic E-state index is 0.970. The van der Waals surface area contributed by atoms with E-state index in [1.54, 1.807) is 0 Å². The van der Waals surface area contributed by atoms with E-state index in [4.69, 9.17) is 0 Å². The van der Waals surface area contributed by atoms with Crippen LogP contribution in [0.4, 0.5) is 0 Å².